The normalized spacial score (nSPS) is 12.1. The molecule has 4 rings (SSSR count). The number of carbonyl (C=O) groups is 2. The summed E-state index contributed by atoms with van der Waals surface area (Å²) < 4.78 is 5.16. The van der Waals surface area contributed by atoms with E-state index in [-0.39, 0.29) is 11.3 Å². The summed E-state index contributed by atoms with van der Waals surface area (Å²) in [6, 6.07) is 11.8. The van der Waals surface area contributed by atoms with Crippen molar-refractivity contribution in [2.24, 2.45) is 0 Å². The zero-order chi connectivity index (χ0) is 16.1. The van der Waals surface area contributed by atoms with Gasteiger partial charge in [0, 0.05) is 22.1 Å². The number of fused-ring (bicyclic) bond motifs is 4. The van der Waals surface area contributed by atoms with Crippen molar-refractivity contribution in [2.75, 3.05) is 7.11 Å². The molecule has 2 aromatic carbocycles. The summed E-state index contributed by atoms with van der Waals surface area (Å²) in [6.45, 7) is 0. The summed E-state index contributed by atoms with van der Waals surface area (Å²) in [5.74, 6) is -0.563. The second kappa shape index (κ2) is 4.64. The number of ketones is 1. The summed E-state index contributed by atoms with van der Waals surface area (Å²) >= 11 is 0. The number of aromatic carboxylic acids is 1. The predicted molar refractivity (Wildman–Crippen MR) is 84.1 cm³/mol. The highest BCUT2D eigenvalue weighted by Crippen LogP contribution is 2.38. The summed E-state index contributed by atoms with van der Waals surface area (Å²) in [7, 11) is 1.54. The Morgan fingerprint density at radius 1 is 1.09 bits per heavy atom. The molecule has 1 heterocycles. The van der Waals surface area contributed by atoms with Gasteiger partial charge in [0.2, 0.25) is 0 Å². The van der Waals surface area contributed by atoms with Gasteiger partial charge in [-0.1, -0.05) is 12.1 Å². The van der Waals surface area contributed by atoms with Gasteiger partial charge in [-0.05, 0) is 30.3 Å². The molecule has 0 amide bonds. The predicted octanol–water partition coefficient (Wildman–Crippen LogP) is 3.15. The Kier molecular flexibility index (Phi) is 2.72. The van der Waals surface area contributed by atoms with Crippen LogP contribution < -0.4 is 4.74 Å². The van der Waals surface area contributed by atoms with Gasteiger partial charge in [0.1, 0.15) is 5.75 Å². The summed E-state index contributed by atoms with van der Waals surface area (Å²) in [6.07, 6.45) is 0. The fourth-order valence-electron chi connectivity index (χ4n) is 2.94. The van der Waals surface area contributed by atoms with Gasteiger partial charge in [0.25, 0.3) is 0 Å². The Morgan fingerprint density at radius 3 is 2.65 bits per heavy atom. The molecule has 1 aliphatic carbocycles. The van der Waals surface area contributed by atoms with Crippen LogP contribution in [0.2, 0.25) is 0 Å². The fraction of sp³-hybridized carbons (Fsp3) is 0.0556. The van der Waals surface area contributed by atoms with Crippen LogP contribution in [0.25, 0.3) is 22.2 Å². The van der Waals surface area contributed by atoms with E-state index in [1.807, 2.05) is 0 Å². The van der Waals surface area contributed by atoms with E-state index in [0.29, 0.717) is 39.0 Å². The molecule has 3 aromatic rings. The van der Waals surface area contributed by atoms with Crippen LogP contribution in [0.4, 0.5) is 0 Å². The van der Waals surface area contributed by atoms with Crippen LogP contribution in [0.3, 0.4) is 0 Å². The number of carbonyl (C=O) groups excluding carboxylic acids is 1. The molecule has 5 nitrogen and oxygen atoms in total. The van der Waals surface area contributed by atoms with E-state index in [2.05, 4.69) is 4.98 Å². The first-order valence-corrected chi connectivity index (χ1v) is 7.00. The van der Waals surface area contributed by atoms with E-state index in [0.717, 1.165) is 0 Å². The molecule has 1 aliphatic rings. The Balaban J connectivity index is 2.04. The molecular formula is C18H11NO4. The molecule has 0 spiro atoms. The zero-order valence-electron chi connectivity index (χ0n) is 12.2. The highest BCUT2D eigenvalue weighted by atomic mass is 16.5. The van der Waals surface area contributed by atoms with Gasteiger partial charge < -0.3 is 9.84 Å². The zero-order valence-corrected chi connectivity index (χ0v) is 12.2. The smallest absolute Gasteiger partial charge is 0.337 e. The molecule has 0 aliphatic heterocycles. The molecule has 112 valence electrons. The lowest BCUT2D eigenvalue weighted by Crippen LogP contribution is -2.01. The van der Waals surface area contributed by atoms with Crippen LogP contribution in [-0.2, 0) is 0 Å². The number of hydrogen-bond donors (Lipinski definition) is 1. The summed E-state index contributed by atoms with van der Waals surface area (Å²) in [5.41, 5.74) is 2.75. The number of methoxy groups -OCH3 is 1. The number of benzene rings is 2. The Bertz CT molecular complexity index is 1010. The van der Waals surface area contributed by atoms with Gasteiger partial charge in [-0.15, -0.1) is 0 Å². The lowest BCUT2D eigenvalue weighted by Gasteiger charge is -2.05. The number of aromatic nitrogens is 1. The lowest BCUT2D eigenvalue weighted by atomic mass is 10.1. The third-order valence-electron chi connectivity index (χ3n) is 4.05. The second-order valence-corrected chi connectivity index (χ2v) is 5.31. The standard InChI is InChI=1S/C18H11NO4/c1-23-10-5-6-11-13(8-10)17(20)14-7-9-3-2-4-12(18(21)22)15(9)19-16(11)14/h2-8H,1H3,(H,21,22). The summed E-state index contributed by atoms with van der Waals surface area (Å²) in [4.78, 5) is 28.5. The number of hydrogen-bond acceptors (Lipinski definition) is 4. The summed E-state index contributed by atoms with van der Waals surface area (Å²) in [5, 5.41) is 9.96. The number of carboxylic acids is 1. The first kappa shape index (κ1) is 13.5. The molecule has 0 bridgehead atoms. The van der Waals surface area contributed by atoms with Crippen molar-refractivity contribution < 1.29 is 19.4 Å². The van der Waals surface area contributed by atoms with Crippen molar-refractivity contribution in [1.29, 1.82) is 0 Å². The third kappa shape index (κ3) is 1.83. The van der Waals surface area contributed by atoms with Crippen molar-refractivity contribution in [1.82, 2.24) is 4.98 Å². The quantitative estimate of drug-likeness (QED) is 0.615. The van der Waals surface area contributed by atoms with Crippen LogP contribution in [0.15, 0.2) is 42.5 Å². The van der Waals surface area contributed by atoms with E-state index < -0.39 is 5.97 Å². The van der Waals surface area contributed by atoms with Crippen LogP contribution in [-0.4, -0.2) is 29.0 Å². The Morgan fingerprint density at radius 2 is 1.91 bits per heavy atom. The Hall–Kier alpha value is -3.21. The van der Waals surface area contributed by atoms with E-state index in [4.69, 9.17) is 4.74 Å². The van der Waals surface area contributed by atoms with Crippen molar-refractivity contribution in [2.45, 2.75) is 0 Å². The first-order chi connectivity index (χ1) is 11.1. The lowest BCUT2D eigenvalue weighted by molar-refractivity contribution is 0.0698. The van der Waals surface area contributed by atoms with E-state index in [1.165, 1.54) is 6.07 Å². The van der Waals surface area contributed by atoms with Crippen LogP contribution >= 0.6 is 0 Å². The third-order valence-corrected chi connectivity index (χ3v) is 4.05. The van der Waals surface area contributed by atoms with Gasteiger partial charge in [-0.2, -0.15) is 0 Å². The molecule has 0 fully saturated rings. The van der Waals surface area contributed by atoms with E-state index >= 15 is 0 Å². The van der Waals surface area contributed by atoms with E-state index in [1.54, 1.807) is 43.5 Å². The SMILES string of the molecule is COc1ccc2c(c1)C(=O)c1cc3cccc(C(=O)O)c3nc1-2. The minimum absolute atomic E-state index is 0.121. The average Bonchev–Trinajstić information content (AvgIpc) is 2.84. The highest BCUT2D eigenvalue weighted by molar-refractivity contribution is 6.22. The largest absolute Gasteiger partial charge is 0.497 e. The highest BCUT2D eigenvalue weighted by Gasteiger charge is 2.29. The molecule has 0 unspecified atom stereocenters. The molecular weight excluding hydrogens is 294 g/mol. The van der Waals surface area contributed by atoms with Crippen molar-refractivity contribution in [3.63, 3.8) is 0 Å². The molecule has 1 N–H and O–H groups in total. The van der Waals surface area contributed by atoms with Gasteiger partial charge in [0.05, 0.1) is 23.9 Å². The fourth-order valence-corrected chi connectivity index (χ4v) is 2.94. The minimum atomic E-state index is -1.04. The van der Waals surface area contributed by atoms with Gasteiger partial charge in [0.15, 0.2) is 5.78 Å². The number of para-hydroxylation sites is 1. The molecule has 1 aromatic heterocycles. The second-order valence-electron chi connectivity index (χ2n) is 5.31. The van der Waals surface area contributed by atoms with Crippen LogP contribution in [0.1, 0.15) is 26.3 Å². The van der Waals surface area contributed by atoms with Gasteiger partial charge >= 0.3 is 5.97 Å². The number of carboxylic acid groups (broad SMARTS) is 1. The minimum Gasteiger partial charge on any atom is -0.497 e. The molecule has 0 radical (unpaired) electrons. The van der Waals surface area contributed by atoms with Crippen molar-refractivity contribution in [3.05, 3.63) is 59.2 Å². The molecule has 5 heteroatoms. The molecule has 0 atom stereocenters. The van der Waals surface area contributed by atoms with Crippen molar-refractivity contribution >= 4 is 22.7 Å². The van der Waals surface area contributed by atoms with E-state index in [9.17, 15) is 14.7 Å². The number of pyridine rings is 1. The van der Waals surface area contributed by atoms with Gasteiger partial charge in [-0.3, -0.25) is 4.79 Å². The van der Waals surface area contributed by atoms with Crippen molar-refractivity contribution in [3.8, 4) is 17.0 Å². The number of rotatable bonds is 2. The van der Waals surface area contributed by atoms with Crippen LogP contribution in [0.5, 0.6) is 5.75 Å². The maximum atomic E-state index is 12.6. The monoisotopic (exact) mass is 305 g/mol. The first-order valence-electron chi connectivity index (χ1n) is 7.00. The maximum Gasteiger partial charge on any atom is 0.337 e. The van der Waals surface area contributed by atoms with Crippen LogP contribution in [0, 0.1) is 0 Å². The molecule has 0 saturated carbocycles. The topological polar surface area (TPSA) is 76.5 Å². The number of ether oxygens (including phenoxy) is 1. The molecule has 23 heavy (non-hydrogen) atoms. The maximum absolute atomic E-state index is 12.6. The average molecular weight is 305 g/mol. The van der Waals surface area contributed by atoms with Gasteiger partial charge in [-0.25, -0.2) is 9.78 Å². The Labute approximate surface area is 131 Å². The molecule has 0 saturated heterocycles. The number of nitrogens with zero attached hydrogens (tertiary/aromatic N) is 1.